The van der Waals surface area contributed by atoms with Crippen molar-refractivity contribution >= 4 is 0 Å². The molecule has 17 heavy (non-hydrogen) atoms. The van der Waals surface area contributed by atoms with Crippen LogP contribution >= 0.6 is 0 Å². The van der Waals surface area contributed by atoms with Crippen LogP contribution in [-0.2, 0) is 0 Å². The molecule has 2 heteroatoms. The third kappa shape index (κ3) is 3.69. The SMILES string of the molecule is CC1CCC2(CCN(CCCN(C)C)CC2)C1. The van der Waals surface area contributed by atoms with Gasteiger partial charge in [0.15, 0.2) is 0 Å². The van der Waals surface area contributed by atoms with Crippen LogP contribution in [0.3, 0.4) is 0 Å². The molecular formula is C15H30N2. The minimum Gasteiger partial charge on any atom is -0.309 e. The Hall–Kier alpha value is -0.0800. The average molecular weight is 238 g/mol. The smallest absolute Gasteiger partial charge is 0.000654 e. The van der Waals surface area contributed by atoms with E-state index in [2.05, 4.69) is 30.8 Å². The Morgan fingerprint density at radius 2 is 1.88 bits per heavy atom. The van der Waals surface area contributed by atoms with Crippen molar-refractivity contribution in [2.45, 2.75) is 45.4 Å². The van der Waals surface area contributed by atoms with Crippen molar-refractivity contribution in [3.05, 3.63) is 0 Å². The predicted molar refractivity (Wildman–Crippen MR) is 74.3 cm³/mol. The summed E-state index contributed by atoms with van der Waals surface area (Å²) in [4.78, 5) is 4.99. The predicted octanol–water partition coefficient (Wildman–Crippen LogP) is 2.84. The first-order chi connectivity index (χ1) is 8.10. The summed E-state index contributed by atoms with van der Waals surface area (Å²) in [6.07, 6.45) is 8.79. The Morgan fingerprint density at radius 1 is 1.18 bits per heavy atom. The fourth-order valence-corrected chi connectivity index (χ4v) is 3.81. The van der Waals surface area contributed by atoms with Crippen molar-refractivity contribution in [3.8, 4) is 0 Å². The highest BCUT2D eigenvalue weighted by atomic mass is 15.1. The zero-order valence-electron chi connectivity index (χ0n) is 12.0. The highest BCUT2D eigenvalue weighted by Crippen LogP contribution is 2.48. The molecule has 2 fully saturated rings. The van der Waals surface area contributed by atoms with Gasteiger partial charge >= 0.3 is 0 Å². The molecule has 100 valence electrons. The van der Waals surface area contributed by atoms with Crippen LogP contribution in [0.15, 0.2) is 0 Å². The van der Waals surface area contributed by atoms with E-state index in [0.29, 0.717) is 0 Å². The number of nitrogens with zero attached hydrogens (tertiary/aromatic N) is 2. The Kier molecular flexibility index (Phi) is 4.48. The van der Waals surface area contributed by atoms with Crippen LogP contribution < -0.4 is 0 Å². The van der Waals surface area contributed by atoms with Gasteiger partial charge in [-0.3, -0.25) is 0 Å². The number of hydrogen-bond donors (Lipinski definition) is 0. The monoisotopic (exact) mass is 238 g/mol. The van der Waals surface area contributed by atoms with E-state index < -0.39 is 0 Å². The molecule has 0 aromatic carbocycles. The Morgan fingerprint density at radius 3 is 2.41 bits per heavy atom. The van der Waals surface area contributed by atoms with Crippen LogP contribution in [0.2, 0.25) is 0 Å². The average Bonchev–Trinajstić information content (AvgIpc) is 2.63. The van der Waals surface area contributed by atoms with Gasteiger partial charge in [-0.15, -0.1) is 0 Å². The van der Waals surface area contributed by atoms with Crippen molar-refractivity contribution in [2.75, 3.05) is 40.3 Å². The lowest BCUT2D eigenvalue weighted by atomic mass is 9.76. The van der Waals surface area contributed by atoms with Crippen LogP contribution in [0.5, 0.6) is 0 Å². The molecule has 1 spiro atoms. The van der Waals surface area contributed by atoms with Crippen LogP contribution in [0.1, 0.15) is 45.4 Å². The first kappa shape index (κ1) is 13.4. The summed E-state index contributed by atoms with van der Waals surface area (Å²) in [6.45, 7) is 7.71. The van der Waals surface area contributed by atoms with Gasteiger partial charge in [0, 0.05) is 0 Å². The highest BCUT2D eigenvalue weighted by Gasteiger charge is 2.39. The Bertz CT molecular complexity index is 229. The van der Waals surface area contributed by atoms with Gasteiger partial charge in [0.25, 0.3) is 0 Å². The van der Waals surface area contributed by atoms with Gasteiger partial charge in [0.05, 0.1) is 0 Å². The molecule has 1 saturated heterocycles. The van der Waals surface area contributed by atoms with E-state index >= 15 is 0 Å². The number of rotatable bonds is 4. The molecule has 0 bridgehead atoms. The quantitative estimate of drug-likeness (QED) is 0.743. The lowest BCUT2D eigenvalue weighted by Gasteiger charge is -2.39. The molecule has 1 atom stereocenters. The summed E-state index contributed by atoms with van der Waals surface area (Å²) in [5.74, 6) is 0.996. The van der Waals surface area contributed by atoms with Crippen molar-refractivity contribution in [2.24, 2.45) is 11.3 Å². The topological polar surface area (TPSA) is 6.48 Å². The van der Waals surface area contributed by atoms with Gasteiger partial charge in [-0.1, -0.05) is 13.3 Å². The van der Waals surface area contributed by atoms with E-state index in [4.69, 9.17) is 0 Å². The van der Waals surface area contributed by atoms with E-state index in [-0.39, 0.29) is 0 Å². The lowest BCUT2D eigenvalue weighted by molar-refractivity contribution is 0.103. The van der Waals surface area contributed by atoms with Crippen molar-refractivity contribution in [1.29, 1.82) is 0 Å². The summed E-state index contributed by atoms with van der Waals surface area (Å²) in [6, 6.07) is 0. The molecule has 2 rings (SSSR count). The minimum atomic E-state index is 0.761. The maximum Gasteiger partial charge on any atom is -0.000654 e. The third-order valence-electron chi connectivity index (χ3n) is 4.95. The maximum atomic E-state index is 2.69. The van der Waals surface area contributed by atoms with Gasteiger partial charge in [-0.05, 0) is 83.7 Å². The molecule has 0 radical (unpaired) electrons. The summed E-state index contributed by atoms with van der Waals surface area (Å²) in [7, 11) is 4.34. The van der Waals surface area contributed by atoms with E-state index in [9.17, 15) is 0 Å². The molecule has 0 aromatic heterocycles. The molecule has 1 aliphatic heterocycles. The number of piperidine rings is 1. The molecule has 0 aromatic rings. The minimum absolute atomic E-state index is 0.761. The summed E-state index contributed by atoms with van der Waals surface area (Å²) in [5, 5.41) is 0. The molecule has 1 heterocycles. The molecular weight excluding hydrogens is 208 g/mol. The zero-order chi connectivity index (χ0) is 12.3. The summed E-state index contributed by atoms with van der Waals surface area (Å²) in [5.41, 5.74) is 0.761. The van der Waals surface area contributed by atoms with Crippen LogP contribution in [0.25, 0.3) is 0 Å². The van der Waals surface area contributed by atoms with Gasteiger partial charge in [0.1, 0.15) is 0 Å². The van der Waals surface area contributed by atoms with Crippen molar-refractivity contribution < 1.29 is 0 Å². The second-order valence-corrected chi connectivity index (χ2v) is 6.85. The maximum absolute atomic E-state index is 2.69. The van der Waals surface area contributed by atoms with E-state index in [1.165, 1.54) is 64.7 Å². The fraction of sp³-hybridized carbons (Fsp3) is 1.00. The number of hydrogen-bond acceptors (Lipinski definition) is 2. The summed E-state index contributed by atoms with van der Waals surface area (Å²) < 4.78 is 0. The van der Waals surface area contributed by atoms with E-state index in [1.54, 1.807) is 0 Å². The molecule has 0 N–H and O–H groups in total. The molecule has 2 nitrogen and oxygen atoms in total. The Labute approximate surface area is 107 Å². The standard InChI is InChI=1S/C15H30N2/c1-14-5-6-15(13-14)7-11-17(12-8-15)10-4-9-16(2)3/h14H,4-13H2,1-3H3. The van der Waals surface area contributed by atoms with Crippen LogP contribution in [-0.4, -0.2) is 50.1 Å². The van der Waals surface area contributed by atoms with Crippen molar-refractivity contribution in [1.82, 2.24) is 9.80 Å². The Balaban J connectivity index is 1.67. The van der Waals surface area contributed by atoms with Gasteiger partial charge in [-0.25, -0.2) is 0 Å². The molecule has 1 unspecified atom stereocenters. The normalized spacial score (nSPS) is 29.3. The van der Waals surface area contributed by atoms with Crippen LogP contribution in [0.4, 0.5) is 0 Å². The molecule has 1 aliphatic carbocycles. The van der Waals surface area contributed by atoms with Crippen LogP contribution in [0, 0.1) is 11.3 Å². The third-order valence-corrected chi connectivity index (χ3v) is 4.95. The zero-order valence-corrected chi connectivity index (χ0v) is 12.0. The summed E-state index contributed by atoms with van der Waals surface area (Å²) >= 11 is 0. The van der Waals surface area contributed by atoms with E-state index in [1.807, 2.05) is 0 Å². The first-order valence-corrected chi connectivity index (χ1v) is 7.47. The lowest BCUT2D eigenvalue weighted by Crippen LogP contribution is -2.40. The van der Waals surface area contributed by atoms with E-state index in [0.717, 1.165) is 11.3 Å². The van der Waals surface area contributed by atoms with Gasteiger partial charge < -0.3 is 9.80 Å². The van der Waals surface area contributed by atoms with Gasteiger partial charge in [0.2, 0.25) is 0 Å². The van der Waals surface area contributed by atoms with Gasteiger partial charge in [-0.2, -0.15) is 0 Å². The molecule has 0 amide bonds. The molecule has 2 aliphatic rings. The second kappa shape index (κ2) is 5.71. The second-order valence-electron chi connectivity index (χ2n) is 6.85. The first-order valence-electron chi connectivity index (χ1n) is 7.47. The highest BCUT2D eigenvalue weighted by molar-refractivity contribution is 4.91. The fourth-order valence-electron chi connectivity index (χ4n) is 3.81. The molecule has 1 saturated carbocycles. The van der Waals surface area contributed by atoms with Crippen molar-refractivity contribution in [3.63, 3.8) is 0 Å². The number of likely N-dealkylation sites (tertiary alicyclic amines) is 1. The largest absolute Gasteiger partial charge is 0.309 e.